The third kappa shape index (κ3) is 3.31. The average molecular weight is 359 g/mol. The van der Waals surface area contributed by atoms with Crippen molar-refractivity contribution >= 4 is 22.9 Å². The molecule has 1 nitrogen and oxygen atoms in total. The number of halogens is 1. The van der Waals surface area contributed by atoms with Crippen molar-refractivity contribution in [2.75, 3.05) is 0 Å². The van der Waals surface area contributed by atoms with E-state index in [2.05, 4.69) is 54.6 Å². The number of hydrogen-bond donors (Lipinski definition) is 0. The Hall–Kier alpha value is -2.77. The highest BCUT2D eigenvalue weighted by Gasteiger charge is 2.25. The second-order valence-electron chi connectivity index (χ2n) is 6.36. The summed E-state index contributed by atoms with van der Waals surface area (Å²) in [5.41, 5.74) is 4.67. The summed E-state index contributed by atoms with van der Waals surface area (Å²) in [5.74, 6) is 1.93. The number of benzene rings is 3. The summed E-state index contributed by atoms with van der Waals surface area (Å²) in [6, 6.07) is 28.8. The van der Waals surface area contributed by atoms with Gasteiger partial charge in [-0.25, -0.2) is 0 Å². The molecular weight excluding hydrogens is 340 g/mol. The summed E-state index contributed by atoms with van der Waals surface area (Å²) in [7, 11) is 0. The maximum Gasteiger partial charge on any atom is 0.131 e. The fraction of sp³-hybridized carbons (Fsp3) is 0.0833. The van der Waals surface area contributed by atoms with Gasteiger partial charge in [-0.2, -0.15) is 0 Å². The van der Waals surface area contributed by atoms with Crippen molar-refractivity contribution < 1.29 is 4.74 Å². The predicted molar refractivity (Wildman–Crippen MR) is 109 cm³/mol. The summed E-state index contributed by atoms with van der Waals surface area (Å²) < 4.78 is 6.23. The minimum atomic E-state index is 0.137. The molecular formula is C24H19ClO. The second kappa shape index (κ2) is 7.23. The SMILES string of the molecule is CC1=C(c2ccccc2)C(c2ccccc2)C=C(c2ccc(Cl)cc2)O1. The van der Waals surface area contributed by atoms with E-state index >= 15 is 0 Å². The molecule has 3 aromatic rings. The molecule has 1 aliphatic rings. The number of hydrogen-bond acceptors (Lipinski definition) is 1. The molecule has 0 saturated carbocycles. The largest absolute Gasteiger partial charge is 0.461 e. The monoisotopic (exact) mass is 358 g/mol. The van der Waals surface area contributed by atoms with Crippen molar-refractivity contribution in [1.29, 1.82) is 0 Å². The number of ether oxygens (including phenoxy) is 1. The van der Waals surface area contributed by atoms with Crippen LogP contribution in [0.4, 0.5) is 0 Å². The third-order valence-electron chi connectivity index (χ3n) is 4.64. The Balaban J connectivity index is 1.83. The Labute approximate surface area is 159 Å². The van der Waals surface area contributed by atoms with Crippen LogP contribution in [0, 0.1) is 0 Å². The molecule has 4 rings (SSSR count). The Morgan fingerprint density at radius 3 is 2.00 bits per heavy atom. The summed E-state index contributed by atoms with van der Waals surface area (Å²) in [6.07, 6.45) is 2.20. The van der Waals surface area contributed by atoms with Gasteiger partial charge in [-0.05, 0) is 48.4 Å². The van der Waals surface area contributed by atoms with E-state index in [1.54, 1.807) is 0 Å². The standard InChI is InChI=1S/C24H19ClO/c1-17-24(20-10-6-3-7-11-20)22(18-8-4-2-5-9-18)16-23(26-17)19-12-14-21(25)15-13-19/h2-16,22H,1H3. The van der Waals surface area contributed by atoms with Gasteiger partial charge in [0.15, 0.2) is 0 Å². The summed E-state index contributed by atoms with van der Waals surface area (Å²) in [5, 5.41) is 0.724. The van der Waals surface area contributed by atoms with E-state index in [9.17, 15) is 0 Å². The smallest absolute Gasteiger partial charge is 0.131 e. The van der Waals surface area contributed by atoms with Gasteiger partial charge in [0, 0.05) is 22.1 Å². The second-order valence-corrected chi connectivity index (χ2v) is 6.80. The van der Waals surface area contributed by atoms with Crippen LogP contribution in [0.2, 0.25) is 5.02 Å². The lowest BCUT2D eigenvalue weighted by molar-refractivity contribution is 0.377. The van der Waals surface area contributed by atoms with Crippen LogP contribution in [0.3, 0.4) is 0 Å². The van der Waals surface area contributed by atoms with Gasteiger partial charge in [-0.15, -0.1) is 0 Å². The number of allylic oxidation sites excluding steroid dienone is 3. The maximum absolute atomic E-state index is 6.23. The fourth-order valence-electron chi connectivity index (χ4n) is 3.40. The Morgan fingerprint density at radius 1 is 0.731 bits per heavy atom. The van der Waals surface area contributed by atoms with Crippen LogP contribution in [0.1, 0.15) is 29.5 Å². The lowest BCUT2D eigenvalue weighted by Gasteiger charge is -2.27. The van der Waals surface area contributed by atoms with E-state index in [1.165, 1.54) is 16.7 Å². The zero-order valence-electron chi connectivity index (χ0n) is 14.5. The van der Waals surface area contributed by atoms with Crippen LogP contribution in [-0.2, 0) is 4.74 Å². The van der Waals surface area contributed by atoms with Gasteiger partial charge in [0.2, 0.25) is 0 Å². The molecule has 0 radical (unpaired) electrons. The van der Waals surface area contributed by atoms with Crippen LogP contribution < -0.4 is 0 Å². The van der Waals surface area contributed by atoms with E-state index in [-0.39, 0.29) is 5.92 Å². The van der Waals surface area contributed by atoms with E-state index in [0.717, 1.165) is 22.1 Å². The molecule has 128 valence electrons. The van der Waals surface area contributed by atoms with E-state index in [0.29, 0.717) is 0 Å². The quantitative estimate of drug-likeness (QED) is 0.493. The maximum atomic E-state index is 6.23. The molecule has 1 unspecified atom stereocenters. The van der Waals surface area contributed by atoms with Crippen molar-refractivity contribution in [1.82, 2.24) is 0 Å². The normalized spacial score (nSPS) is 16.8. The van der Waals surface area contributed by atoms with Gasteiger partial charge in [-0.3, -0.25) is 0 Å². The zero-order chi connectivity index (χ0) is 17.9. The van der Waals surface area contributed by atoms with Crippen LogP contribution in [-0.4, -0.2) is 0 Å². The van der Waals surface area contributed by atoms with Gasteiger partial charge >= 0.3 is 0 Å². The van der Waals surface area contributed by atoms with Crippen LogP contribution in [0.25, 0.3) is 11.3 Å². The molecule has 0 fully saturated rings. The molecule has 1 heterocycles. The highest BCUT2D eigenvalue weighted by molar-refractivity contribution is 6.30. The highest BCUT2D eigenvalue weighted by atomic mass is 35.5. The van der Waals surface area contributed by atoms with Gasteiger partial charge in [0.05, 0.1) is 0 Å². The Morgan fingerprint density at radius 2 is 1.35 bits per heavy atom. The van der Waals surface area contributed by atoms with Crippen molar-refractivity contribution in [3.8, 4) is 0 Å². The number of rotatable bonds is 3. The van der Waals surface area contributed by atoms with Crippen molar-refractivity contribution in [3.05, 3.63) is 118 Å². The lowest BCUT2D eigenvalue weighted by atomic mass is 9.83. The highest BCUT2D eigenvalue weighted by Crippen LogP contribution is 2.42. The first-order valence-electron chi connectivity index (χ1n) is 8.69. The first kappa shape index (κ1) is 16.7. The van der Waals surface area contributed by atoms with Crippen LogP contribution in [0.15, 0.2) is 96.8 Å². The van der Waals surface area contributed by atoms with Gasteiger partial charge in [0.25, 0.3) is 0 Å². The molecule has 1 aliphatic heterocycles. The van der Waals surface area contributed by atoms with E-state index < -0.39 is 0 Å². The Kier molecular flexibility index (Phi) is 4.64. The van der Waals surface area contributed by atoms with Gasteiger partial charge in [-0.1, -0.05) is 72.3 Å². The first-order chi connectivity index (χ1) is 12.7. The minimum Gasteiger partial charge on any atom is -0.461 e. The van der Waals surface area contributed by atoms with Crippen molar-refractivity contribution in [2.24, 2.45) is 0 Å². The summed E-state index contributed by atoms with van der Waals surface area (Å²) in [4.78, 5) is 0. The molecule has 0 amide bonds. The van der Waals surface area contributed by atoms with Gasteiger partial charge in [0.1, 0.15) is 11.5 Å². The molecule has 0 spiro atoms. The summed E-state index contributed by atoms with van der Waals surface area (Å²) in [6.45, 7) is 2.04. The topological polar surface area (TPSA) is 9.23 Å². The Bertz CT molecular complexity index is 954. The molecule has 0 saturated heterocycles. The van der Waals surface area contributed by atoms with Crippen LogP contribution >= 0.6 is 11.6 Å². The lowest BCUT2D eigenvalue weighted by Crippen LogP contribution is -2.10. The molecule has 0 aliphatic carbocycles. The third-order valence-corrected chi connectivity index (χ3v) is 4.90. The molecule has 0 N–H and O–H groups in total. The molecule has 0 aromatic heterocycles. The average Bonchev–Trinajstić information content (AvgIpc) is 2.69. The van der Waals surface area contributed by atoms with E-state index in [4.69, 9.17) is 16.3 Å². The minimum absolute atomic E-state index is 0.137. The molecule has 26 heavy (non-hydrogen) atoms. The zero-order valence-corrected chi connectivity index (χ0v) is 15.3. The van der Waals surface area contributed by atoms with E-state index in [1.807, 2.05) is 43.3 Å². The predicted octanol–water partition coefficient (Wildman–Crippen LogP) is 6.93. The molecule has 2 heteroatoms. The summed E-state index contributed by atoms with van der Waals surface area (Å²) >= 11 is 6.04. The fourth-order valence-corrected chi connectivity index (χ4v) is 3.53. The molecule has 0 bridgehead atoms. The first-order valence-corrected chi connectivity index (χ1v) is 9.07. The van der Waals surface area contributed by atoms with Crippen molar-refractivity contribution in [2.45, 2.75) is 12.8 Å². The van der Waals surface area contributed by atoms with Gasteiger partial charge < -0.3 is 4.74 Å². The van der Waals surface area contributed by atoms with Crippen LogP contribution in [0.5, 0.6) is 0 Å². The molecule has 3 aromatic carbocycles. The molecule has 1 atom stereocenters. The van der Waals surface area contributed by atoms with Crippen molar-refractivity contribution in [3.63, 3.8) is 0 Å².